The Morgan fingerprint density at radius 2 is 2.03 bits per heavy atom. The van der Waals surface area contributed by atoms with Crippen LogP contribution in [0.4, 0.5) is 0 Å². The third-order valence-electron chi connectivity index (χ3n) is 5.74. The fourth-order valence-corrected chi connectivity index (χ4v) is 3.81. The molecule has 0 aromatic carbocycles. The summed E-state index contributed by atoms with van der Waals surface area (Å²) < 4.78 is 0. The monoisotopic (exact) mass is 448 g/mol. The Kier molecular flexibility index (Phi) is 8.83. The number of dihydropyridines is 2. The van der Waals surface area contributed by atoms with Gasteiger partial charge in [-0.25, -0.2) is 4.99 Å². The number of nitrogens with zero attached hydrogens (tertiary/aromatic N) is 3. The van der Waals surface area contributed by atoms with E-state index >= 15 is 0 Å². The molecular weight excluding hydrogens is 412 g/mol. The van der Waals surface area contributed by atoms with E-state index < -0.39 is 0 Å². The van der Waals surface area contributed by atoms with E-state index in [0.717, 1.165) is 47.6 Å². The summed E-state index contributed by atoms with van der Waals surface area (Å²) in [5.41, 5.74) is 16.4. The van der Waals surface area contributed by atoms with Gasteiger partial charge < -0.3 is 32.4 Å². The highest BCUT2D eigenvalue weighted by Crippen LogP contribution is 2.22. The van der Waals surface area contributed by atoms with Crippen molar-refractivity contribution in [2.75, 3.05) is 26.2 Å². The SMILES string of the molecule is CC(C)C(C=N)=CC(N)=NC1=CC=C2NC=C(C(C=NCCCN3CCCC3)=CN)C=C2N1. The van der Waals surface area contributed by atoms with Gasteiger partial charge in [-0.15, -0.1) is 0 Å². The second-order valence-corrected chi connectivity index (χ2v) is 8.60. The van der Waals surface area contributed by atoms with Crippen LogP contribution in [0.5, 0.6) is 0 Å². The van der Waals surface area contributed by atoms with Gasteiger partial charge >= 0.3 is 0 Å². The lowest BCUT2D eigenvalue weighted by Crippen LogP contribution is -2.27. The molecule has 33 heavy (non-hydrogen) atoms. The van der Waals surface area contributed by atoms with Crippen molar-refractivity contribution in [3.63, 3.8) is 0 Å². The predicted molar refractivity (Wildman–Crippen MR) is 138 cm³/mol. The van der Waals surface area contributed by atoms with Crippen LogP contribution in [0.25, 0.3) is 0 Å². The first-order chi connectivity index (χ1) is 16.0. The van der Waals surface area contributed by atoms with Gasteiger partial charge in [0.15, 0.2) is 0 Å². The van der Waals surface area contributed by atoms with E-state index in [1.807, 2.05) is 44.5 Å². The van der Waals surface area contributed by atoms with Gasteiger partial charge in [-0.2, -0.15) is 0 Å². The molecule has 3 aliphatic heterocycles. The van der Waals surface area contributed by atoms with Gasteiger partial charge in [0.1, 0.15) is 11.7 Å². The Morgan fingerprint density at radius 3 is 2.73 bits per heavy atom. The highest BCUT2D eigenvalue weighted by atomic mass is 15.1. The van der Waals surface area contributed by atoms with Crippen molar-refractivity contribution in [1.82, 2.24) is 15.5 Å². The molecule has 0 aromatic heterocycles. The largest absolute Gasteiger partial charge is 0.404 e. The molecule has 3 heterocycles. The van der Waals surface area contributed by atoms with E-state index in [-0.39, 0.29) is 5.92 Å². The molecule has 3 rings (SSSR count). The second kappa shape index (κ2) is 12.0. The van der Waals surface area contributed by atoms with E-state index in [1.165, 1.54) is 32.1 Å². The van der Waals surface area contributed by atoms with Crippen molar-refractivity contribution >= 4 is 18.3 Å². The molecular formula is C25H36N8. The summed E-state index contributed by atoms with van der Waals surface area (Å²) in [5.74, 6) is 1.18. The minimum atomic E-state index is 0.206. The molecule has 3 aliphatic rings. The highest BCUT2D eigenvalue weighted by Gasteiger charge is 2.16. The summed E-state index contributed by atoms with van der Waals surface area (Å²) in [7, 11) is 0. The van der Waals surface area contributed by atoms with Gasteiger partial charge in [0.25, 0.3) is 0 Å². The molecule has 0 aliphatic carbocycles. The first-order valence-corrected chi connectivity index (χ1v) is 11.6. The third-order valence-corrected chi connectivity index (χ3v) is 5.74. The maximum Gasteiger partial charge on any atom is 0.132 e. The zero-order valence-corrected chi connectivity index (χ0v) is 19.6. The van der Waals surface area contributed by atoms with Crippen LogP contribution in [0.2, 0.25) is 0 Å². The molecule has 0 atom stereocenters. The number of rotatable bonds is 10. The summed E-state index contributed by atoms with van der Waals surface area (Å²) in [6.45, 7) is 8.37. The van der Waals surface area contributed by atoms with Gasteiger partial charge in [-0.05, 0) is 74.7 Å². The molecule has 7 N–H and O–H groups in total. The Balaban J connectivity index is 1.61. The maximum absolute atomic E-state index is 7.52. The number of amidine groups is 1. The standard InChI is InChI=1S/C25H36N8/c1-18(2)19(14-26)13-24(28)32-25-7-6-22-23(31-25)12-20(17-30-22)21(15-27)16-29-8-5-11-33-9-3-4-10-33/h6-7,12-18,26,30-31H,3-5,8-11,27H2,1-2H3,(H2,28,32). The predicted octanol–water partition coefficient (Wildman–Crippen LogP) is 2.67. The summed E-state index contributed by atoms with van der Waals surface area (Å²) in [5, 5.41) is 14.1. The van der Waals surface area contributed by atoms with E-state index in [4.69, 9.17) is 16.9 Å². The van der Waals surface area contributed by atoms with Crippen molar-refractivity contribution in [2.24, 2.45) is 27.4 Å². The molecule has 0 unspecified atom stereocenters. The smallest absolute Gasteiger partial charge is 0.132 e. The average molecular weight is 449 g/mol. The molecule has 0 aromatic rings. The van der Waals surface area contributed by atoms with Gasteiger partial charge in [-0.3, -0.25) is 4.99 Å². The summed E-state index contributed by atoms with van der Waals surface area (Å²) >= 11 is 0. The third kappa shape index (κ3) is 7.05. The van der Waals surface area contributed by atoms with Crippen LogP contribution in [-0.2, 0) is 0 Å². The first-order valence-electron chi connectivity index (χ1n) is 11.6. The lowest BCUT2D eigenvalue weighted by Gasteiger charge is -2.23. The number of allylic oxidation sites excluding steroid dienone is 6. The number of fused-ring (bicyclic) bond motifs is 1. The lowest BCUT2D eigenvalue weighted by molar-refractivity contribution is 0.336. The van der Waals surface area contributed by atoms with Gasteiger partial charge in [0.2, 0.25) is 0 Å². The van der Waals surface area contributed by atoms with Crippen molar-refractivity contribution in [3.8, 4) is 0 Å². The highest BCUT2D eigenvalue weighted by molar-refractivity contribution is 5.97. The van der Waals surface area contributed by atoms with E-state index in [9.17, 15) is 0 Å². The fourth-order valence-electron chi connectivity index (χ4n) is 3.81. The molecule has 0 bridgehead atoms. The molecule has 1 saturated heterocycles. The van der Waals surface area contributed by atoms with Crippen molar-refractivity contribution in [1.29, 1.82) is 5.41 Å². The van der Waals surface area contributed by atoms with E-state index in [2.05, 4.69) is 25.5 Å². The topological polar surface area (TPSA) is 128 Å². The van der Waals surface area contributed by atoms with Crippen LogP contribution in [0.15, 0.2) is 80.6 Å². The summed E-state index contributed by atoms with van der Waals surface area (Å²) in [6.07, 6.45) is 17.9. The molecule has 8 nitrogen and oxygen atoms in total. The Hall–Kier alpha value is -3.39. The number of nitrogens with one attached hydrogen (secondary N) is 3. The van der Waals surface area contributed by atoms with Gasteiger partial charge in [-0.1, -0.05) is 13.8 Å². The van der Waals surface area contributed by atoms with Crippen molar-refractivity contribution in [3.05, 3.63) is 70.6 Å². The van der Waals surface area contributed by atoms with E-state index in [1.54, 1.807) is 12.3 Å². The average Bonchev–Trinajstić information content (AvgIpc) is 3.33. The number of aliphatic imine (C=N–C) groups is 2. The van der Waals surface area contributed by atoms with Crippen LogP contribution in [0.3, 0.4) is 0 Å². The minimum absolute atomic E-state index is 0.206. The number of nitrogens with two attached hydrogens (primary N) is 2. The van der Waals surface area contributed by atoms with Crippen LogP contribution >= 0.6 is 0 Å². The quantitative estimate of drug-likeness (QED) is 0.199. The second-order valence-electron chi connectivity index (χ2n) is 8.60. The normalized spacial score (nSPS) is 20.0. The van der Waals surface area contributed by atoms with Crippen LogP contribution in [0, 0.1) is 11.3 Å². The van der Waals surface area contributed by atoms with Gasteiger partial charge in [0.05, 0.1) is 11.4 Å². The van der Waals surface area contributed by atoms with Crippen molar-refractivity contribution < 1.29 is 0 Å². The van der Waals surface area contributed by atoms with Gasteiger partial charge in [0, 0.05) is 42.5 Å². The zero-order valence-electron chi connectivity index (χ0n) is 19.6. The number of hydrogen-bond acceptors (Lipinski definition) is 7. The number of likely N-dealkylation sites (tertiary alicyclic amines) is 1. The minimum Gasteiger partial charge on any atom is -0.404 e. The Bertz CT molecular complexity index is 966. The van der Waals surface area contributed by atoms with Crippen LogP contribution < -0.4 is 22.1 Å². The van der Waals surface area contributed by atoms with E-state index in [0.29, 0.717) is 11.7 Å². The molecule has 0 amide bonds. The summed E-state index contributed by atoms with van der Waals surface area (Å²) in [4.78, 5) is 11.5. The first kappa shape index (κ1) is 24.3. The Morgan fingerprint density at radius 1 is 1.24 bits per heavy atom. The summed E-state index contributed by atoms with van der Waals surface area (Å²) in [6, 6.07) is 0. The lowest BCUT2D eigenvalue weighted by atomic mass is 10.0. The molecule has 0 saturated carbocycles. The van der Waals surface area contributed by atoms with Crippen molar-refractivity contribution in [2.45, 2.75) is 33.1 Å². The molecule has 0 radical (unpaired) electrons. The zero-order chi connectivity index (χ0) is 23.6. The fraction of sp³-hybridized carbons (Fsp3) is 0.400. The number of hydrogen-bond donors (Lipinski definition) is 5. The van der Waals surface area contributed by atoms with Crippen LogP contribution in [0.1, 0.15) is 33.1 Å². The molecule has 176 valence electrons. The molecule has 8 heteroatoms. The Labute approximate surface area is 196 Å². The molecule has 0 spiro atoms. The van der Waals surface area contributed by atoms with Crippen LogP contribution in [-0.4, -0.2) is 49.3 Å². The molecule has 1 fully saturated rings. The maximum atomic E-state index is 7.52.